The number of urea groups is 1. The molecule has 0 aromatic heterocycles. The summed E-state index contributed by atoms with van der Waals surface area (Å²) in [6.07, 6.45) is -21.6. The van der Waals surface area contributed by atoms with E-state index in [0.29, 0.717) is 24.3 Å². The number of hydroxylamine groups is 1. The Morgan fingerprint density at radius 2 is 0.886 bits per heavy atom. The summed E-state index contributed by atoms with van der Waals surface area (Å²) in [6.45, 7) is 1.59. The minimum absolute atomic E-state index is 0.0108. The predicted molar refractivity (Wildman–Crippen MR) is 231 cm³/mol. The fourth-order valence-electron chi connectivity index (χ4n) is 6.44. The Labute approximate surface area is 385 Å². The normalized spacial score (nSPS) is 12.8. The molecule has 0 spiro atoms. The SMILES string of the molecule is COCCO[C@H](C)CON(C(=O)N(C)c1cccc(Nc2c(Nc3cc(C(F)(F)F)cc(C(F)(F)F)c3)c(=O)c2=O)c1)c1cccc(Nc2c(Nc3cc(C(F)(F)F)cc(C(F)(F)F)c3)c(=O)c2=O)c1. The number of nitrogens with zero attached hydrogens (tertiary/aromatic N) is 2. The molecule has 0 radical (unpaired) electrons. The van der Waals surface area contributed by atoms with Crippen LogP contribution in [0.4, 0.5) is 114 Å². The zero-order valence-corrected chi connectivity index (χ0v) is 36.0. The van der Waals surface area contributed by atoms with E-state index < -0.39 is 115 Å². The second-order valence-corrected chi connectivity index (χ2v) is 15.1. The van der Waals surface area contributed by atoms with Crippen molar-refractivity contribution in [3.05, 3.63) is 148 Å². The molecule has 0 heterocycles. The summed E-state index contributed by atoms with van der Waals surface area (Å²) in [5.41, 5.74) is -15.9. The average Bonchev–Trinajstić information content (AvgIpc) is 3.29. The van der Waals surface area contributed by atoms with E-state index in [-0.39, 0.29) is 54.7 Å². The van der Waals surface area contributed by atoms with E-state index in [1.807, 2.05) is 0 Å². The summed E-state index contributed by atoms with van der Waals surface area (Å²) in [4.78, 5) is 71.7. The van der Waals surface area contributed by atoms with Crippen LogP contribution in [0.25, 0.3) is 0 Å². The molecule has 26 heteroatoms. The van der Waals surface area contributed by atoms with Crippen molar-refractivity contribution >= 4 is 62.9 Å². The smallest absolute Gasteiger partial charge is 0.382 e. The Kier molecular flexibility index (Phi) is 14.7. The van der Waals surface area contributed by atoms with Crippen LogP contribution >= 0.6 is 0 Å². The van der Waals surface area contributed by atoms with Crippen molar-refractivity contribution in [1.82, 2.24) is 0 Å². The molecule has 0 bridgehead atoms. The predicted octanol–water partition coefficient (Wildman–Crippen LogP) is 9.97. The maximum absolute atomic E-state index is 14.3. The number of rotatable bonds is 17. The molecule has 372 valence electrons. The highest BCUT2D eigenvalue weighted by Gasteiger charge is 2.39. The van der Waals surface area contributed by atoms with Gasteiger partial charge < -0.3 is 30.7 Å². The Morgan fingerprint density at radius 1 is 0.529 bits per heavy atom. The van der Waals surface area contributed by atoms with Gasteiger partial charge in [-0.3, -0.25) is 28.9 Å². The van der Waals surface area contributed by atoms with Crippen molar-refractivity contribution in [1.29, 1.82) is 0 Å². The first kappa shape index (κ1) is 51.9. The molecule has 0 aliphatic rings. The molecule has 0 aliphatic carbocycles. The lowest BCUT2D eigenvalue weighted by Crippen LogP contribution is -2.43. The van der Waals surface area contributed by atoms with E-state index in [1.54, 1.807) is 6.92 Å². The molecular weight excluding hydrogens is 968 g/mol. The quantitative estimate of drug-likeness (QED) is 0.0296. The largest absolute Gasteiger partial charge is 0.416 e. The molecule has 6 aromatic rings. The fourth-order valence-corrected chi connectivity index (χ4v) is 6.44. The number of hydrogen-bond donors (Lipinski definition) is 4. The van der Waals surface area contributed by atoms with Gasteiger partial charge in [0.2, 0.25) is 0 Å². The number of carbonyl (C=O) groups excluding carboxylic acids is 1. The molecule has 14 nitrogen and oxygen atoms in total. The molecule has 0 saturated heterocycles. The van der Waals surface area contributed by atoms with Gasteiger partial charge in [-0.1, -0.05) is 12.1 Å². The first-order valence-electron chi connectivity index (χ1n) is 19.9. The fraction of sp³-hybridized carbons (Fsp3) is 0.250. The summed E-state index contributed by atoms with van der Waals surface area (Å²) in [7, 11) is 2.69. The molecule has 2 amide bonds. The minimum Gasteiger partial charge on any atom is -0.382 e. The van der Waals surface area contributed by atoms with Crippen LogP contribution in [0, 0.1) is 0 Å². The number of halogens is 12. The first-order chi connectivity index (χ1) is 32.6. The lowest BCUT2D eigenvalue weighted by Gasteiger charge is -2.29. The molecule has 0 saturated carbocycles. The van der Waals surface area contributed by atoms with Crippen LogP contribution in [0.3, 0.4) is 0 Å². The lowest BCUT2D eigenvalue weighted by molar-refractivity contribution is -0.144. The van der Waals surface area contributed by atoms with Gasteiger partial charge in [0.25, 0.3) is 21.7 Å². The Balaban J connectivity index is 1.27. The van der Waals surface area contributed by atoms with Crippen LogP contribution in [0.5, 0.6) is 0 Å². The van der Waals surface area contributed by atoms with Crippen molar-refractivity contribution < 1.29 is 71.8 Å². The van der Waals surface area contributed by atoms with E-state index >= 15 is 0 Å². The summed E-state index contributed by atoms with van der Waals surface area (Å²) < 4.78 is 173. The Morgan fingerprint density at radius 3 is 1.26 bits per heavy atom. The van der Waals surface area contributed by atoms with E-state index in [4.69, 9.17) is 14.3 Å². The number of carbonyl (C=O) groups is 1. The summed E-state index contributed by atoms with van der Waals surface area (Å²) in [5, 5.41) is 10.2. The molecule has 6 rings (SSSR count). The third-order valence-electron chi connectivity index (χ3n) is 9.98. The zero-order valence-electron chi connectivity index (χ0n) is 36.0. The maximum Gasteiger partial charge on any atom is 0.416 e. The Hall–Kier alpha value is -7.45. The van der Waals surface area contributed by atoms with Crippen molar-refractivity contribution in [3.8, 4) is 0 Å². The zero-order chi connectivity index (χ0) is 51.7. The lowest BCUT2D eigenvalue weighted by atomic mass is 10.1. The third-order valence-corrected chi connectivity index (χ3v) is 9.98. The van der Waals surface area contributed by atoms with Gasteiger partial charge in [-0.15, -0.1) is 0 Å². The van der Waals surface area contributed by atoms with Crippen LogP contribution in [0.2, 0.25) is 0 Å². The van der Waals surface area contributed by atoms with Gasteiger partial charge in [0.1, 0.15) is 29.4 Å². The molecule has 6 aromatic carbocycles. The molecule has 0 fully saturated rings. The van der Waals surface area contributed by atoms with Gasteiger partial charge in [-0.2, -0.15) is 57.7 Å². The number of hydrogen-bond acceptors (Lipinski definition) is 12. The van der Waals surface area contributed by atoms with E-state index in [0.717, 1.165) is 9.96 Å². The van der Waals surface area contributed by atoms with E-state index in [2.05, 4.69) is 21.3 Å². The third kappa shape index (κ3) is 11.9. The van der Waals surface area contributed by atoms with Gasteiger partial charge in [0.15, 0.2) is 0 Å². The highest BCUT2D eigenvalue weighted by molar-refractivity contribution is 6.02. The molecule has 0 unspecified atom stereocenters. The van der Waals surface area contributed by atoms with Crippen LogP contribution in [-0.2, 0) is 39.0 Å². The van der Waals surface area contributed by atoms with Crippen molar-refractivity contribution in [2.75, 3.05) is 65.2 Å². The Bertz CT molecular complexity index is 2980. The van der Waals surface area contributed by atoms with Gasteiger partial charge in [0, 0.05) is 42.6 Å². The first-order valence-corrected chi connectivity index (χ1v) is 19.9. The van der Waals surface area contributed by atoms with Crippen molar-refractivity contribution in [3.63, 3.8) is 0 Å². The number of amides is 2. The number of nitrogens with one attached hydrogen (secondary N) is 4. The standard InChI is InChI=1S/C44H34F12N6O8/c1-21(69-11-10-68-3)20-70-62(31-9-5-7-27(19-31)58-33-35(39(66)37(33)64)60-29-16-24(43(51,52)53)13-25(17-29)44(54,55)56)40(67)61(2)30-8-4-6-26(18-30)57-32-34(38(65)36(32)63)59-28-14-22(41(45,46)47)12-23(15-28)42(48,49)50/h4-9,12-19,21,57-60H,10-11,20H2,1-3H3/t21-/m1/s1. The van der Waals surface area contributed by atoms with Gasteiger partial charge in [-0.25, -0.2) is 4.79 Å². The average molecular weight is 1000 g/mol. The van der Waals surface area contributed by atoms with Gasteiger partial charge in [0.05, 0.1) is 47.3 Å². The number of anilines is 10. The van der Waals surface area contributed by atoms with Crippen molar-refractivity contribution in [2.24, 2.45) is 0 Å². The number of alkyl halides is 12. The topological polar surface area (TPSA) is 168 Å². The summed E-state index contributed by atoms with van der Waals surface area (Å²) >= 11 is 0. The monoisotopic (exact) mass is 1000 g/mol. The molecule has 4 N–H and O–H groups in total. The van der Waals surface area contributed by atoms with E-state index in [9.17, 15) is 76.7 Å². The van der Waals surface area contributed by atoms with E-state index in [1.165, 1.54) is 62.7 Å². The van der Waals surface area contributed by atoms with Crippen LogP contribution < -0.4 is 52.9 Å². The molecular formula is C44H34F12N6O8. The number of methoxy groups -OCH3 is 1. The maximum atomic E-state index is 14.3. The number of benzene rings is 4. The highest BCUT2D eigenvalue weighted by atomic mass is 19.4. The van der Waals surface area contributed by atoms with Crippen LogP contribution in [-0.4, -0.2) is 46.1 Å². The second kappa shape index (κ2) is 19.9. The second-order valence-electron chi connectivity index (χ2n) is 15.1. The highest BCUT2D eigenvalue weighted by Crippen LogP contribution is 2.41. The molecule has 70 heavy (non-hydrogen) atoms. The van der Waals surface area contributed by atoms with Crippen LogP contribution in [0.1, 0.15) is 29.2 Å². The van der Waals surface area contributed by atoms with Crippen LogP contribution in [0.15, 0.2) is 104 Å². The minimum atomic E-state index is -5.23. The number of ether oxygens (including phenoxy) is 2. The summed E-state index contributed by atoms with van der Waals surface area (Å²) in [5.74, 6) is 0. The summed E-state index contributed by atoms with van der Waals surface area (Å²) in [6, 6.07) is 10.6. The molecule has 1 atom stereocenters. The van der Waals surface area contributed by atoms with Crippen molar-refractivity contribution in [2.45, 2.75) is 37.7 Å². The van der Waals surface area contributed by atoms with Gasteiger partial charge >= 0.3 is 30.7 Å². The van der Waals surface area contributed by atoms with Gasteiger partial charge in [-0.05, 0) is 79.7 Å². The molecule has 0 aliphatic heterocycles.